The third kappa shape index (κ3) is 3.65. The van der Waals surface area contributed by atoms with E-state index in [1.807, 2.05) is 0 Å². The van der Waals surface area contributed by atoms with Crippen molar-refractivity contribution in [3.63, 3.8) is 0 Å². The molecule has 1 fully saturated rings. The van der Waals surface area contributed by atoms with Crippen LogP contribution in [0.2, 0.25) is 0 Å². The number of fused-ring (bicyclic) bond motifs is 1. The van der Waals surface area contributed by atoms with E-state index in [4.69, 9.17) is 10.3 Å². The van der Waals surface area contributed by atoms with E-state index < -0.39 is 0 Å². The number of aromatic nitrogens is 1. The maximum Gasteiger partial charge on any atom is 0.189 e. The number of nitrogens with one attached hydrogen (secondary N) is 1. The van der Waals surface area contributed by atoms with Gasteiger partial charge in [0.25, 0.3) is 0 Å². The van der Waals surface area contributed by atoms with Crippen molar-refractivity contribution >= 4 is 29.9 Å². The van der Waals surface area contributed by atoms with Crippen LogP contribution in [-0.2, 0) is 19.4 Å². The van der Waals surface area contributed by atoms with Gasteiger partial charge in [-0.25, -0.2) is 4.99 Å². The van der Waals surface area contributed by atoms with Crippen LogP contribution in [0.3, 0.4) is 0 Å². The Bertz CT molecular complexity index is 466. The number of aliphatic imine (C=N–C) groups is 1. The van der Waals surface area contributed by atoms with E-state index in [0.717, 1.165) is 24.3 Å². The minimum Gasteiger partial charge on any atom is -0.370 e. The summed E-state index contributed by atoms with van der Waals surface area (Å²) in [6.07, 6.45) is 9.51. The topological polar surface area (TPSA) is 76.4 Å². The van der Waals surface area contributed by atoms with Gasteiger partial charge in [0, 0.05) is 18.0 Å². The minimum atomic E-state index is 0. The number of halogens is 1. The van der Waals surface area contributed by atoms with Gasteiger partial charge in [0.2, 0.25) is 0 Å². The molecule has 0 bridgehead atoms. The number of hydrogen-bond acceptors (Lipinski definition) is 3. The molecule has 0 spiro atoms. The van der Waals surface area contributed by atoms with Crippen molar-refractivity contribution in [3.8, 4) is 0 Å². The predicted octanol–water partition coefficient (Wildman–Crippen LogP) is 2.52. The largest absolute Gasteiger partial charge is 0.370 e. The first-order valence-electron chi connectivity index (χ1n) is 7.35. The molecule has 1 heterocycles. The summed E-state index contributed by atoms with van der Waals surface area (Å²) < 4.78 is 5.37. The molecule has 1 aromatic heterocycles. The zero-order valence-electron chi connectivity index (χ0n) is 11.7. The lowest BCUT2D eigenvalue weighted by molar-refractivity contribution is 0.368. The average molecular weight is 390 g/mol. The average Bonchev–Trinajstić information content (AvgIpc) is 3.05. The van der Waals surface area contributed by atoms with Gasteiger partial charge in [-0.3, -0.25) is 0 Å². The molecule has 2 aliphatic rings. The van der Waals surface area contributed by atoms with Crippen LogP contribution in [0.15, 0.2) is 9.52 Å². The van der Waals surface area contributed by atoms with Gasteiger partial charge in [0.15, 0.2) is 5.96 Å². The van der Waals surface area contributed by atoms with Gasteiger partial charge in [-0.1, -0.05) is 18.0 Å². The van der Waals surface area contributed by atoms with E-state index in [1.165, 1.54) is 44.1 Å². The first-order chi connectivity index (χ1) is 9.33. The Labute approximate surface area is 136 Å². The van der Waals surface area contributed by atoms with Crippen LogP contribution in [0.4, 0.5) is 0 Å². The number of nitrogens with zero attached hydrogens (tertiary/aromatic N) is 2. The van der Waals surface area contributed by atoms with E-state index in [2.05, 4.69) is 15.5 Å². The fraction of sp³-hybridized carbons (Fsp3) is 0.714. The van der Waals surface area contributed by atoms with Crippen LogP contribution >= 0.6 is 24.0 Å². The molecule has 0 radical (unpaired) electrons. The summed E-state index contributed by atoms with van der Waals surface area (Å²) in [5.74, 6) is 1.60. The third-order valence-electron chi connectivity index (χ3n) is 4.14. The van der Waals surface area contributed by atoms with Gasteiger partial charge in [0.1, 0.15) is 11.5 Å². The highest BCUT2D eigenvalue weighted by Crippen LogP contribution is 2.24. The van der Waals surface area contributed by atoms with Gasteiger partial charge < -0.3 is 15.6 Å². The van der Waals surface area contributed by atoms with Gasteiger partial charge >= 0.3 is 0 Å². The van der Waals surface area contributed by atoms with E-state index in [1.54, 1.807) is 0 Å². The Balaban J connectivity index is 0.00000147. The molecule has 1 saturated carbocycles. The van der Waals surface area contributed by atoms with Gasteiger partial charge in [0.05, 0.1) is 6.54 Å². The molecule has 0 unspecified atom stereocenters. The highest BCUT2D eigenvalue weighted by atomic mass is 127. The van der Waals surface area contributed by atoms with Crippen molar-refractivity contribution in [3.05, 3.63) is 17.0 Å². The van der Waals surface area contributed by atoms with Gasteiger partial charge in [-0.2, -0.15) is 0 Å². The zero-order chi connectivity index (χ0) is 13.1. The van der Waals surface area contributed by atoms with Crippen LogP contribution in [-0.4, -0.2) is 17.2 Å². The second-order valence-electron chi connectivity index (χ2n) is 5.57. The molecule has 3 rings (SSSR count). The monoisotopic (exact) mass is 390 g/mol. The first kappa shape index (κ1) is 15.6. The Morgan fingerprint density at radius 1 is 1.25 bits per heavy atom. The minimum absolute atomic E-state index is 0. The SMILES string of the molecule is I.NC(=NCc1noc2c1CCCC2)NC1CCCC1. The van der Waals surface area contributed by atoms with E-state index in [9.17, 15) is 0 Å². The molecule has 5 nitrogen and oxygen atoms in total. The molecule has 0 saturated heterocycles. The lowest BCUT2D eigenvalue weighted by Gasteiger charge is -2.12. The Kier molecular flexibility index (Phi) is 5.68. The molecule has 1 aromatic rings. The first-order valence-corrected chi connectivity index (χ1v) is 7.35. The van der Waals surface area contributed by atoms with Crippen LogP contribution < -0.4 is 11.1 Å². The van der Waals surface area contributed by atoms with E-state index in [0.29, 0.717) is 18.5 Å². The van der Waals surface area contributed by atoms with Crippen LogP contribution in [0, 0.1) is 0 Å². The highest BCUT2D eigenvalue weighted by Gasteiger charge is 2.19. The number of guanidine groups is 1. The molecule has 20 heavy (non-hydrogen) atoms. The van der Waals surface area contributed by atoms with Gasteiger partial charge in [-0.05, 0) is 32.1 Å². The predicted molar refractivity (Wildman–Crippen MR) is 89.3 cm³/mol. The summed E-state index contributed by atoms with van der Waals surface area (Å²) >= 11 is 0. The number of aryl methyl sites for hydroxylation is 1. The summed E-state index contributed by atoms with van der Waals surface area (Å²) in [4.78, 5) is 4.40. The fourth-order valence-corrected chi connectivity index (χ4v) is 3.06. The number of nitrogens with two attached hydrogens (primary N) is 1. The second-order valence-corrected chi connectivity index (χ2v) is 5.57. The molecule has 0 atom stereocenters. The van der Waals surface area contributed by atoms with Gasteiger partial charge in [-0.15, -0.1) is 24.0 Å². The van der Waals surface area contributed by atoms with Crippen molar-refractivity contribution in [1.82, 2.24) is 10.5 Å². The van der Waals surface area contributed by atoms with Crippen LogP contribution in [0.25, 0.3) is 0 Å². The van der Waals surface area contributed by atoms with Crippen molar-refractivity contribution in [2.45, 2.75) is 64.0 Å². The lowest BCUT2D eigenvalue weighted by Crippen LogP contribution is -2.38. The quantitative estimate of drug-likeness (QED) is 0.473. The van der Waals surface area contributed by atoms with Crippen molar-refractivity contribution < 1.29 is 4.52 Å². The Hall–Kier alpha value is -0.790. The normalized spacial score (nSPS) is 19.5. The standard InChI is InChI=1S/C14H22N4O.HI/c15-14(17-10-5-1-2-6-10)16-9-12-11-7-3-4-8-13(11)19-18-12;/h10H,1-9H2,(H3,15,16,17);1H. The lowest BCUT2D eigenvalue weighted by atomic mass is 9.96. The molecular weight excluding hydrogens is 367 g/mol. The van der Waals surface area contributed by atoms with Crippen molar-refractivity contribution in [2.24, 2.45) is 10.7 Å². The maximum absolute atomic E-state index is 5.93. The summed E-state index contributed by atoms with van der Waals surface area (Å²) in [6.45, 7) is 0.532. The molecule has 2 aliphatic carbocycles. The highest BCUT2D eigenvalue weighted by molar-refractivity contribution is 14.0. The van der Waals surface area contributed by atoms with E-state index >= 15 is 0 Å². The van der Waals surface area contributed by atoms with E-state index in [-0.39, 0.29) is 24.0 Å². The Morgan fingerprint density at radius 2 is 2.00 bits per heavy atom. The Morgan fingerprint density at radius 3 is 2.80 bits per heavy atom. The molecule has 0 aliphatic heterocycles. The molecule has 112 valence electrons. The fourth-order valence-electron chi connectivity index (χ4n) is 3.06. The van der Waals surface area contributed by atoms with Crippen molar-refractivity contribution in [1.29, 1.82) is 0 Å². The maximum atomic E-state index is 5.93. The molecule has 6 heteroatoms. The molecule has 0 amide bonds. The summed E-state index contributed by atoms with van der Waals surface area (Å²) in [5, 5.41) is 7.43. The van der Waals surface area contributed by atoms with Crippen LogP contribution in [0.5, 0.6) is 0 Å². The molecular formula is C14H23IN4O. The molecule has 0 aromatic carbocycles. The number of hydrogen-bond donors (Lipinski definition) is 2. The molecule has 3 N–H and O–H groups in total. The van der Waals surface area contributed by atoms with Crippen LogP contribution in [0.1, 0.15) is 55.5 Å². The summed E-state index contributed by atoms with van der Waals surface area (Å²) in [6, 6.07) is 0.509. The van der Waals surface area contributed by atoms with Crippen molar-refractivity contribution in [2.75, 3.05) is 0 Å². The zero-order valence-corrected chi connectivity index (χ0v) is 14.1. The summed E-state index contributed by atoms with van der Waals surface area (Å²) in [7, 11) is 0. The summed E-state index contributed by atoms with van der Waals surface area (Å²) in [5.41, 5.74) is 8.16. The number of rotatable bonds is 3. The smallest absolute Gasteiger partial charge is 0.189 e. The third-order valence-corrected chi connectivity index (χ3v) is 4.14. The second kappa shape index (κ2) is 7.28.